The molecule has 1 aliphatic heterocycles. The molecule has 0 fully saturated rings. The van der Waals surface area contributed by atoms with E-state index in [2.05, 4.69) is 26.1 Å². The Bertz CT molecular complexity index is 382. The van der Waals surface area contributed by atoms with E-state index in [1.54, 1.807) is 0 Å². The van der Waals surface area contributed by atoms with Crippen LogP contribution in [0.2, 0.25) is 0 Å². The maximum absolute atomic E-state index is 5.66. The Hall–Kier alpha value is -1.38. The van der Waals surface area contributed by atoms with Crippen LogP contribution in [0, 0.1) is 5.41 Å². The van der Waals surface area contributed by atoms with Gasteiger partial charge in [-0.05, 0) is 17.5 Å². The third-order valence-electron chi connectivity index (χ3n) is 2.57. The van der Waals surface area contributed by atoms with E-state index in [0.717, 1.165) is 43.4 Å². The van der Waals surface area contributed by atoms with Gasteiger partial charge < -0.3 is 14.8 Å². The van der Waals surface area contributed by atoms with Crippen LogP contribution in [-0.4, -0.2) is 19.8 Å². The summed E-state index contributed by atoms with van der Waals surface area (Å²) in [6.45, 7) is 9.04. The SMILES string of the molecule is CC(C)(C)CNc1ccc2c(c1)OCCCO2. The van der Waals surface area contributed by atoms with Gasteiger partial charge in [0, 0.05) is 24.7 Å². The van der Waals surface area contributed by atoms with Crippen molar-refractivity contribution in [3.8, 4) is 11.5 Å². The number of benzene rings is 1. The molecule has 3 nitrogen and oxygen atoms in total. The third kappa shape index (κ3) is 3.55. The molecule has 3 heteroatoms. The number of hydrogen-bond acceptors (Lipinski definition) is 3. The maximum Gasteiger partial charge on any atom is 0.163 e. The summed E-state index contributed by atoms with van der Waals surface area (Å²) in [5, 5.41) is 3.42. The van der Waals surface area contributed by atoms with Crippen molar-refractivity contribution >= 4 is 5.69 Å². The first-order valence-electron chi connectivity index (χ1n) is 6.18. The molecule has 2 rings (SSSR count). The predicted molar refractivity (Wildman–Crippen MR) is 70.0 cm³/mol. The molecule has 0 bridgehead atoms. The molecule has 1 heterocycles. The predicted octanol–water partition coefficient (Wildman–Crippen LogP) is 3.31. The van der Waals surface area contributed by atoms with Crippen molar-refractivity contribution in [2.45, 2.75) is 27.2 Å². The number of rotatable bonds is 2. The van der Waals surface area contributed by atoms with Gasteiger partial charge in [0.05, 0.1) is 13.2 Å². The zero-order valence-electron chi connectivity index (χ0n) is 10.9. The van der Waals surface area contributed by atoms with Crippen LogP contribution < -0.4 is 14.8 Å². The summed E-state index contributed by atoms with van der Waals surface area (Å²) in [5.41, 5.74) is 1.36. The Morgan fingerprint density at radius 3 is 2.53 bits per heavy atom. The number of nitrogens with one attached hydrogen (secondary N) is 1. The van der Waals surface area contributed by atoms with Crippen molar-refractivity contribution in [3.05, 3.63) is 18.2 Å². The standard InChI is InChI=1S/C14H21NO2/c1-14(2,3)10-15-11-5-6-12-13(9-11)17-8-4-7-16-12/h5-6,9,15H,4,7-8,10H2,1-3H3. The summed E-state index contributed by atoms with van der Waals surface area (Å²) < 4.78 is 11.3. The number of anilines is 1. The Labute approximate surface area is 103 Å². The summed E-state index contributed by atoms with van der Waals surface area (Å²) in [5.74, 6) is 1.70. The monoisotopic (exact) mass is 235 g/mol. The summed E-state index contributed by atoms with van der Waals surface area (Å²) in [6, 6.07) is 6.04. The lowest BCUT2D eigenvalue weighted by Crippen LogP contribution is -2.18. The van der Waals surface area contributed by atoms with Gasteiger partial charge >= 0.3 is 0 Å². The van der Waals surface area contributed by atoms with Gasteiger partial charge in [0.1, 0.15) is 0 Å². The molecule has 1 aromatic rings. The first kappa shape index (κ1) is 12.1. The van der Waals surface area contributed by atoms with Gasteiger partial charge in [0.25, 0.3) is 0 Å². The summed E-state index contributed by atoms with van der Waals surface area (Å²) in [6.07, 6.45) is 0.944. The lowest BCUT2D eigenvalue weighted by molar-refractivity contribution is 0.297. The number of fused-ring (bicyclic) bond motifs is 1. The van der Waals surface area contributed by atoms with Crippen molar-refractivity contribution in [1.29, 1.82) is 0 Å². The molecule has 0 unspecified atom stereocenters. The molecule has 94 valence electrons. The largest absolute Gasteiger partial charge is 0.490 e. The van der Waals surface area contributed by atoms with Crippen molar-refractivity contribution in [1.82, 2.24) is 0 Å². The van der Waals surface area contributed by atoms with E-state index in [0.29, 0.717) is 0 Å². The number of ether oxygens (including phenoxy) is 2. The van der Waals surface area contributed by atoms with E-state index in [9.17, 15) is 0 Å². The van der Waals surface area contributed by atoms with Crippen LogP contribution in [0.5, 0.6) is 11.5 Å². The fourth-order valence-corrected chi connectivity index (χ4v) is 1.64. The molecule has 0 saturated carbocycles. The zero-order chi connectivity index (χ0) is 12.3. The van der Waals surface area contributed by atoms with Gasteiger partial charge in [0.2, 0.25) is 0 Å². The van der Waals surface area contributed by atoms with Gasteiger partial charge in [-0.25, -0.2) is 0 Å². The summed E-state index contributed by atoms with van der Waals surface area (Å²) in [4.78, 5) is 0. The molecule has 0 spiro atoms. The molecule has 1 N–H and O–H groups in total. The fraction of sp³-hybridized carbons (Fsp3) is 0.571. The second-order valence-electron chi connectivity index (χ2n) is 5.63. The highest BCUT2D eigenvalue weighted by Crippen LogP contribution is 2.32. The molecular formula is C14H21NO2. The highest BCUT2D eigenvalue weighted by Gasteiger charge is 2.12. The van der Waals surface area contributed by atoms with Crippen molar-refractivity contribution in [2.75, 3.05) is 25.1 Å². The second-order valence-corrected chi connectivity index (χ2v) is 5.63. The molecule has 0 aromatic heterocycles. The molecule has 1 aromatic carbocycles. The van der Waals surface area contributed by atoms with E-state index >= 15 is 0 Å². The smallest absolute Gasteiger partial charge is 0.163 e. The third-order valence-corrected chi connectivity index (χ3v) is 2.57. The molecule has 0 radical (unpaired) electrons. The zero-order valence-corrected chi connectivity index (χ0v) is 10.9. The van der Waals surface area contributed by atoms with E-state index in [4.69, 9.17) is 9.47 Å². The summed E-state index contributed by atoms with van der Waals surface area (Å²) >= 11 is 0. The topological polar surface area (TPSA) is 30.5 Å². The van der Waals surface area contributed by atoms with Crippen molar-refractivity contribution in [2.24, 2.45) is 5.41 Å². The van der Waals surface area contributed by atoms with Crippen molar-refractivity contribution < 1.29 is 9.47 Å². The molecule has 1 aliphatic rings. The molecule has 0 saturated heterocycles. The van der Waals surface area contributed by atoms with Crippen LogP contribution >= 0.6 is 0 Å². The van der Waals surface area contributed by atoms with Crippen LogP contribution in [0.25, 0.3) is 0 Å². The van der Waals surface area contributed by atoms with Crippen molar-refractivity contribution in [3.63, 3.8) is 0 Å². The quantitative estimate of drug-likeness (QED) is 0.853. The lowest BCUT2D eigenvalue weighted by Gasteiger charge is -2.20. The van der Waals surface area contributed by atoms with E-state index in [1.807, 2.05) is 18.2 Å². The fourth-order valence-electron chi connectivity index (χ4n) is 1.64. The van der Waals surface area contributed by atoms with E-state index < -0.39 is 0 Å². The minimum atomic E-state index is 0.268. The average molecular weight is 235 g/mol. The van der Waals surface area contributed by atoms with Gasteiger partial charge in [-0.1, -0.05) is 20.8 Å². The first-order chi connectivity index (χ1) is 8.04. The Morgan fingerprint density at radius 1 is 1.12 bits per heavy atom. The van der Waals surface area contributed by atoms with Crippen LogP contribution in [0.3, 0.4) is 0 Å². The van der Waals surface area contributed by atoms with Gasteiger partial charge in [-0.3, -0.25) is 0 Å². The minimum absolute atomic E-state index is 0.268. The molecule has 17 heavy (non-hydrogen) atoms. The van der Waals surface area contributed by atoms with Crippen LogP contribution in [-0.2, 0) is 0 Å². The molecule has 0 atom stereocenters. The van der Waals surface area contributed by atoms with Crippen LogP contribution in [0.4, 0.5) is 5.69 Å². The first-order valence-corrected chi connectivity index (χ1v) is 6.18. The highest BCUT2D eigenvalue weighted by atomic mass is 16.5. The van der Waals surface area contributed by atoms with Crippen LogP contribution in [0.1, 0.15) is 27.2 Å². The van der Waals surface area contributed by atoms with Crippen LogP contribution in [0.15, 0.2) is 18.2 Å². The van der Waals surface area contributed by atoms with Gasteiger partial charge in [0.15, 0.2) is 11.5 Å². The second kappa shape index (κ2) is 4.86. The Morgan fingerprint density at radius 2 is 1.82 bits per heavy atom. The van der Waals surface area contributed by atoms with Gasteiger partial charge in [-0.15, -0.1) is 0 Å². The van der Waals surface area contributed by atoms with Gasteiger partial charge in [-0.2, -0.15) is 0 Å². The molecule has 0 amide bonds. The summed E-state index contributed by atoms with van der Waals surface area (Å²) in [7, 11) is 0. The average Bonchev–Trinajstić information content (AvgIpc) is 2.49. The highest BCUT2D eigenvalue weighted by molar-refractivity contribution is 5.55. The Kier molecular flexibility index (Phi) is 3.46. The number of hydrogen-bond donors (Lipinski definition) is 1. The van der Waals surface area contributed by atoms with E-state index in [1.165, 1.54) is 0 Å². The lowest BCUT2D eigenvalue weighted by atomic mass is 9.97. The maximum atomic E-state index is 5.66. The van der Waals surface area contributed by atoms with E-state index in [-0.39, 0.29) is 5.41 Å². The Balaban J connectivity index is 2.07. The normalized spacial score (nSPS) is 15.2. The molecule has 0 aliphatic carbocycles. The minimum Gasteiger partial charge on any atom is -0.490 e. The molecular weight excluding hydrogens is 214 g/mol.